The maximum atomic E-state index is 6.49. The van der Waals surface area contributed by atoms with E-state index in [1.807, 2.05) is 84.9 Å². The van der Waals surface area contributed by atoms with Gasteiger partial charge in [0.2, 0.25) is 0 Å². The van der Waals surface area contributed by atoms with E-state index in [0.717, 1.165) is 77.1 Å². The number of rotatable bonds is 4. The monoisotopic (exact) mass is 615 g/mol. The zero-order valence-electron chi connectivity index (χ0n) is 25.6. The minimum Gasteiger partial charge on any atom is -0.456 e. The first-order valence-electron chi connectivity index (χ1n) is 15.9. The summed E-state index contributed by atoms with van der Waals surface area (Å²) in [7, 11) is 0. The first-order chi connectivity index (χ1) is 23.8. The second-order valence-corrected chi connectivity index (χ2v) is 12.0. The molecule has 3 aromatic heterocycles. The summed E-state index contributed by atoms with van der Waals surface area (Å²) < 4.78 is 12.9. The molecule has 0 aliphatic rings. The summed E-state index contributed by atoms with van der Waals surface area (Å²) in [5.41, 5.74) is 8.12. The van der Waals surface area contributed by atoms with E-state index in [1.165, 1.54) is 5.39 Å². The molecule has 0 saturated heterocycles. The number of nitrogens with zero attached hydrogens (tertiary/aromatic N) is 3. The van der Waals surface area contributed by atoms with Gasteiger partial charge in [0.1, 0.15) is 22.3 Å². The van der Waals surface area contributed by atoms with Crippen molar-refractivity contribution in [1.29, 1.82) is 0 Å². The molecule has 5 heteroatoms. The highest BCUT2D eigenvalue weighted by Gasteiger charge is 2.20. The fourth-order valence-corrected chi connectivity index (χ4v) is 6.85. The number of aromatic nitrogens is 3. The van der Waals surface area contributed by atoms with Gasteiger partial charge < -0.3 is 8.83 Å². The molecular weight excluding hydrogens is 590 g/mol. The van der Waals surface area contributed by atoms with E-state index in [0.29, 0.717) is 17.5 Å². The highest BCUT2D eigenvalue weighted by molar-refractivity contribution is 6.18. The first kappa shape index (κ1) is 26.6. The molecule has 0 atom stereocenters. The number of furan rings is 2. The van der Waals surface area contributed by atoms with Gasteiger partial charge in [-0.15, -0.1) is 0 Å². The van der Waals surface area contributed by atoms with Gasteiger partial charge in [-0.3, -0.25) is 0 Å². The number of hydrogen-bond donors (Lipinski definition) is 0. The lowest BCUT2D eigenvalue weighted by Gasteiger charge is -2.10. The van der Waals surface area contributed by atoms with Gasteiger partial charge in [0.05, 0.1) is 0 Å². The SMILES string of the molecule is c1ccc(-c2nc(-c3ccccc3)nc(-c3cccc4oc5cccc(-c6ccc7c(c6)oc6cc8ccccc8cc67)c5c34)n2)cc1. The summed E-state index contributed by atoms with van der Waals surface area (Å²) in [4.78, 5) is 15.0. The lowest BCUT2D eigenvalue weighted by Crippen LogP contribution is -2.00. The summed E-state index contributed by atoms with van der Waals surface area (Å²) in [6.45, 7) is 0. The maximum Gasteiger partial charge on any atom is 0.164 e. The molecular formula is C43H25N3O2. The van der Waals surface area contributed by atoms with E-state index in [2.05, 4.69) is 66.7 Å². The van der Waals surface area contributed by atoms with Crippen LogP contribution < -0.4 is 0 Å². The van der Waals surface area contributed by atoms with Gasteiger partial charge in [-0.25, -0.2) is 15.0 Å². The molecule has 0 aliphatic carbocycles. The van der Waals surface area contributed by atoms with Gasteiger partial charge in [-0.05, 0) is 58.3 Å². The molecule has 0 saturated carbocycles. The van der Waals surface area contributed by atoms with Crippen LogP contribution in [-0.2, 0) is 0 Å². The number of benzene rings is 7. The van der Waals surface area contributed by atoms with Crippen LogP contribution in [0.3, 0.4) is 0 Å². The van der Waals surface area contributed by atoms with Crippen LogP contribution in [0.2, 0.25) is 0 Å². The molecule has 7 aromatic carbocycles. The van der Waals surface area contributed by atoms with Crippen LogP contribution in [0.1, 0.15) is 0 Å². The molecule has 10 aromatic rings. The van der Waals surface area contributed by atoms with Gasteiger partial charge in [0.25, 0.3) is 0 Å². The second-order valence-electron chi connectivity index (χ2n) is 12.0. The molecule has 0 unspecified atom stereocenters. The highest BCUT2D eigenvalue weighted by Crippen LogP contribution is 2.42. The molecule has 0 radical (unpaired) electrons. The third kappa shape index (κ3) is 4.22. The van der Waals surface area contributed by atoms with Crippen LogP contribution in [-0.4, -0.2) is 15.0 Å². The minimum atomic E-state index is 0.589. The topological polar surface area (TPSA) is 65.0 Å². The Labute approximate surface area is 274 Å². The van der Waals surface area contributed by atoms with Crippen LogP contribution in [0.4, 0.5) is 0 Å². The molecule has 224 valence electrons. The lowest BCUT2D eigenvalue weighted by atomic mass is 9.96. The predicted molar refractivity (Wildman–Crippen MR) is 194 cm³/mol. The first-order valence-corrected chi connectivity index (χ1v) is 15.9. The van der Waals surface area contributed by atoms with Crippen molar-refractivity contribution in [3.8, 4) is 45.3 Å². The Kier molecular flexibility index (Phi) is 5.81. The van der Waals surface area contributed by atoms with E-state index < -0.39 is 0 Å². The van der Waals surface area contributed by atoms with E-state index in [1.54, 1.807) is 0 Å². The standard InChI is InChI=1S/C43H25N3O2/c1-3-11-26(12-4-1)41-44-42(27-13-5-2-6-14-27)46-43(45-41)33-18-10-20-36-40(33)39-31(17-9-19-35(39)47-36)30-21-22-32-34-23-28-15-7-8-16-29(28)24-38(34)48-37(32)25-30/h1-25H. The smallest absolute Gasteiger partial charge is 0.164 e. The van der Waals surface area contributed by atoms with E-state index in [9.17, 15) is 0 Å². The Hall–Kier alpha value is -6.59. The lowest BCUT2D eigenvalue weighted by molar-refractivity contribution is 0.668. The van der Waals surface area contributed by atoms with Crippen molar-refractivity contribution >= 4 is 54.6 Å². The van der Waals surface area contributed by atoms with Crippen molar-refractivity contribution in [2.45, 2.75) is 0 Å². The van der Waals surface area contributed by atoms with Crippen molar-refractivity contribution in [3.63, 3.8) is 0 Å². The van der Waals surface area contributed by atoms with Crippen LogP contribution in [0.5, 0.6) is 0 Å². The summed E-state index contributed by atoms with van der Waals surface area (Å²) in [5, 5.41) is 6.54. The van der Waals surface area contributed by atoms with E-state index >= 15 is 0 Å². The Morgan fingerprint density at radius 1 is 0.333 bits per heavy atom. The Bertz CT molecular complexity index is 2780. The third-order valence-corrected chi connectivity index (χ3v) is 9.11. The third-order valence-electron chi connectivity index (χ3n) is 9.11. The molecule has 5 nitrogen and oxygen atoms in total. The molecule has 3 heterocycles. The zero-order valence-corrected chi connectivity index (χ0v) is 25.6. The fraction of sp³-hybridized carbons (Fsp3) is 0. The largest absolute Gasteiger partial charge is 0.456 e. The van der Waals surface area contributed by atoms with Crippen molar-refractivity contribution in [2.24, 2.45) is 0 Å². The van der Waals surface area contributed by atoms with Crippen LogP contribution in [0.15, 0.2) is 160 Å². The molecule has 0 fully saturated rings. The van der Waals surface area contributed by atoms with Gasteiger partial charge >= 0.3 is 0 Å². The fourth-order valence-electron chi connectivity index (χ4n) is 6.85. The summed E-state index contributed by atoms with van der Waals surface area (Å²) in [5.74, 6) is 1.82. The summed E-state index contributed by atoms with van der Waals surface area (Å²) in [6.07, 6.45) is 0. The zero-order chi connectivity index (χ0) is 31.6. The van der Waals surface area contributed by atoms with Crippen LogP contribution in [0, 0.1) is 0 Å². The minimum absolute atomic E-state index is 0.589. The summed E-state index contributed by atoms with van der Waals surface area (Å²) >= 11 is 0. The average molecular weight is 616 g/mol. The van der Waals surface area contributed by atoms with Crippen molar-refractivity contribution in [2.75, 3.05) is 0 Å². The predicted octanol–water partition coefficient (Wildman–Crippen LogP) is 11.5. The molecule has 10 rings (SSSR count). The molecule has 0 bridgehead atoms. The average Bonchev–Trinajstić information content (AvgIpc) is 3.72. The number of hydrogen-bond acceptors (Lipinski definition) is 5. The second kappa shape index (κ2) is 10.5. The van der Waals surface area contributed by atoms with Crippen molar-refractivity contribution < 1.29 is 8.83 Å². The van der Waals surface area contributed by atoms with Gasteiger partial charge in [-0.1, -0.05) is 115 Å². The van der Waals surface area contributed by atoms with Crippen LogP contribution in [0.25, 0.3) is 99.9 Å². The Morgan fingerprint density at radius 2 is 0.875 bits per heavy atom. The van der Waals surface area contributed by atoms with Gasteiger partial charge in [0, 0.05) is 38.2 Å². The molecule has 0 spiro atoms. The van der Waals surface area contributed by atoms with Gasteiger partial charge in [-0.2, -0.15) is 0 Å². The van der Waals surface area contributed by atoms with Crippen LogP contribution >= 0.6 is 0 Å². The highest BCUT2D eigenvalue weighted by atomic mass is 16.3. The van der Waals surface area contributed by atoms with E-state index in [4.69, 9.17) is 23.8 Å². The molecule has 0 aliphatic heterocycles. The van der Waals surface area contributed by atoms with Crippen molar-refractivity contribution in [1.82, 2.24) is 15.0 Å². The van der Waals surface area contributed by atoms with Crippen molar-refractivity contribution in [3.05, 3.63) is 152 Å². The normalized spacial score (nSPS) is 11.8. The molecule has 0 amide bonds. The quantitative estimate of drug-likeness (QED) is 0.197. The number of fused-ring (bicyclic) bond motifs is 7. The summed E-state index contributed by atoms with van der Waals surface area (Å²) in [6, 6.07) is 51.6. The Morgan fingerprint density at radius 3 is 1.56 bits per heavy atom. The van der Waals surface area contributed by atoms with Gasteiger partial charge in [0.15, 0.2) is 17.5 Å². The van der Waals surface area contributed by atoms with E-state index in [-0.39, 0.29) is 0 Å². The Balaban J connectivity index is 1.20. The maximum absolute atomic E-state index is 6.49. The molecule has 48 heavy (non-hydrogen) atoms. The molecule has 0 N–H and O–H groups in total.